The van der Waals surface area contributed by atoms with Crippen LogP contribution in [0.4, 0.5) is 8.78 Å². The number of nitrogens with one attached hydrogen (secondary N) is 1. The van der Waals surface area contributed by atoms with Crippen molar-refractivity contribution >= 4 is 5.91 Å². The molecule has 0 aliphatic heterocycles. The van der Waals surface area contributed by atoms with Crippen LogP contribution in [0.25, 0.3) is 0 Å². The molecule has 0 unspecified atom stereocenters. The fourth-order valence-electron chi connectivity index (χ4n) is 3.17. The molecule has 1 saturated carbocycles. The fraction of sp³-hybridized carbons (Fsp3) is 0.556. The van der Waals surface area contributed by atoms with E-state index in [9.17, 15) is 18.8 Å². The van der Waals surface area contributed by atoms with Gasteiger partial charge in [-0.2, -0.15) is 14.0 Å². The average Bonchev–Trinajstić information content (AvgIpc) is 3.04. The van der Waals surface area contributed by atoms with Gasteiger partial charge in [0.05, 0.1) is 19.7 Å². The quantitative estimate of drug-likeness (QED) is 0.765. The number of nitriles is 1. The number of ether oxygens (including phenoxy) is 2. The highest BCUT2D eigenvalue weighted by Crippen LogP contribution is 2.30. The van der Waals surface area contributed by atoms with Gasteiger partial charge in [-0.25, -0.2) is 0 Å². The number of amides is 1. The monoisotopic (exact) mass is 367 g/mol. The van der Waals surface area contributed by atoms with Crippen LogP contribution in [0.1, 0.15) is 31.2 Å². The summed E-state index contributed by atoms with van der Waals surface area (Å²) in [5, 5.41) is 12.2. The summed E-state index contributed by atoms with van der Waals surface area (Å²) >= 11 is 0. The van der Waals surface area contributed by atoms with Crippen molar-refractivity contribution in [2.45, 2.75) is 44.4 Å². The molecule has 2 rings (SSSR count). The van der Waals surface area contributed by atoms with Gasteiger partial charge in [-0.1, -0.05) is 6.07 Å². The molecule has 0 saturated heterocycles. The first-order chi connectivity index (χ1) is 12.4. The largest absolute Gasteiger partial charge is 0.493 e. The van der Waals surface area contributed by atoms with Crippen molar-refractivity contribution in [2.24, 2.45) is 0 Å². The van der Waals surface area contributed by atoms with E-state index in [-0.39, 0.29) is 24.0 Å². The van der Waals surface area contributed by atoms with Gasteiger partial charge < -0.3 is 14.8 Å². The maximum absolute atomic E-state index is 12.4. The Morgan fingerprint density at radius 3 is 2.65 bits per heavy atom. The predicted octanol–water partition coefficient (Wildman–Crippen LogP) is 2.68. The van der Waals surface area contributed by atoms with E-state index in [1.54, 1.807) is 24.1 Å². The summed E-state index contributed by atoms with van der Waals surface area (Å²) in [6.07, 6.45) is 3.25. The van der Waals surface area contributed by atoms with Gasteiger partial charge in [-0.15, -0.1) is 0 Å². The summed E-state index contributed by atoms with van der Waals surface area (Å²) in [5.41, 5.74) is 0.0460. The van der Waals surface area contributed by atoms with E-state index in [1.807, 2.05) is 0 Å². The lowest BCUT2D eigenvalue weighted by atomic mass is 10.00. The Morgan fingerprint density at radius 2 is 2.08 bits per heavy atom. The molecule has 1 aromatic carbocycles. The number of likely N-dealkylation sites (N-methyl/N-ethyl adjacent to an activating group) is 1. The van der Waals surface area contributed by atoms with E-state index >= 15 is 0 Å². The molecule has 142 valence electrons. The zero-order valence-corrected chi connectivity index (χ0v) is 14.9. The van der Waals surface area contributed by atoms with Crippen molar-refractivity contribution in [1.82, 2.24) is 10.2 Å². The van der Waals surface area contributed by atoms with Crippen LogP contribution in [0.5, 0.6) is 11.5 Å². The first-order valence-corrected chi connectivity index (χ1v) is 8.40. The summed E-state index contributed by atoms with van der Waals surface area (Å²) in [4.78, 5) is 14.0. The van der Waals surface area contributed by atoms with Crippen LogP contribution in [0.3, 0.4) is 0 Å². The maximum atomic E-state index is 12.4. The summed E-state index contributed by atoms with van der Waals surface area (Å²) in [6.45, 7) is -2.39. The molecular weight excluding hydrogens is 344 g/mol. The number of carbonyl (C=O) groups is 1. The van der Waals surface area contributed by atoms with Crippen LogP contribution >= 0.6 is 0 Å². The van der Waals surface area contributed by atoms with Gasteiger partial charge in [0.25, 0.3) is 0 Å². The number of alkyl halides is 2. The van der Waals surface area contributed by atoms with Crippen molar-refractivity contribution in [3.8, 4) is 17.6 Å². The molecule has 6 nitrogen and oxygen atoms in total. The first kappa shape index (κ1) is 19.9. The smallest absolute Gasteiger partial charge is 0.387 e. The van der Waals surface area contributed by atoms with Crippen molar-refractivity contribution in [2.75, 3.05) is 20.7 Å². The second-order valence-corrected chi connectivity index (χ2v) is 6.49. The number of carbonyl (C=O) groups excluding carboxylic acids is 1. The predicted molar refractivity (Wildman–Crippen MR) is 90.9 cm³/mol. The molecule has 8 heteroatoms. The van der Waals surface area contributed by atoms with Gasteiger partial charge in [-0.3, -0.25) is 9.69 Å². The third kappa shape index (κ3) is 5.30. The van der Waals surface area contributed by atoms with Gasteiger partial charge in [0.15, 0.2) is 11.5 Å². The standard InChI is InChI=1S/C18H23F2N3O3/c1-23(11-16(24)22-18(12-21)7-3-4-8-18)10-13-5-6-14(26-17(19)20)15(9-13)25-2/h5-6,9,17H,3-4,7-8,10-11H2,1-2H3,(H,22,24). The summed E-state index contributed by atoms with van der Waals surface area (Å²) < 4.78 is 34.2. The van der Waals surface area contributed by atoms with Crippen molar-refractivity contribution in [3.05, 3.63) is 23.8 Å². The molecule has 1 aliphatic rings. The molecule has 0 radical (unpaired) electrons. The lowest BCUT2D eigenvalue weighted by molar-refractivity contribution is -0.123. The van der Waals surface area contributed by atoms with E-state index in [2.05, 4.69) is 16.1 Å². The normalized spacial score (nSPS) is 15.7. The highest BCUT2D eigenvalue weighted by atomic mass is 19.3. The summed E-state index contributed by atoms with van der Waals surface area (Å²) in [6, 6.07) is 6.88. The molecule has 0 bridgehead atoms. The highest BCUT2D eigenvalue weighted by molar-refractivity contribution is 5.79. The fourth-order valence-corrected chi connectivity index (χ4v) is 3.17. The minimum absolute atomic E-state index is 0.0381. The van der Waals surface area contributed by atoms with E-state index in [0.29, 0.717) is 19.4 Å². The Kier molecular flexibility index (Phi) is 6.75. The number of methoxy groups -OCH3 is 1. The van der Waals surface area contributed by atoms with Crippen molar-refractivity contribution in [3.63, 3.8) is 0 Å². The van der Waals surface area contributed by atoms with Crippen LogP contribution in [0, 0.1) is 11.3 Å². The third-order valence-electron chi connectivity index (χ3n) is 4.36. The SMILES string of the molecule is COc1cc(CN(C)CC(=O)NC2(C#N)CCCC2)ccc1OC(F)F. The van der Waals surface area contributed by atoms with Crippen LogP contribution < -0.4 is 14.8 Å². The van der Waals surface area contributed by atoms with Crippen molar-refractivity contribution < 1.29 is 23.0 Å². The third-order valence-corrected chi connectivity index (χ3v) is 4.36. The van der Waals surface area contributed by atoms with E-state index < -0.39 is 12.2 Å². The van der Waals surface area contributed by atoms with Crippen molar-refractivity contribution in [1.29, 1.82) is 5.26 Å². The van der Waals surface area contributed by atoms with Gasteiger partial charge in [0.2, 0.25) is 5.91 Å². The maximum Gasteiger partial charge on any atom is 0.387 e. The molecule has 26 heavy (non-hydrogen) atoms. The topological polar surface area (TPSA) is 74.6 Å². The first-order valence-electron chi connectivity index (χ1n) is 8.40. The van der Waals surface area contributed by atoms with Gasteiger partial charge >= 0.3 is 6.61 Å². The summed E-state index contributed by atoms with van der Waals surface area (Å²) in [7, 11) is 3.14. The Balaban J connectivity index is 1.93. The van der Waals surface area contributed by atoms with Crippen LogP contribution in [0.2, 0.25) is 0 Å². The second-order valence-electron chi connectivity index (χ2n) is 6.49. The zero-order valence-electron chi connectivity index (χ0n) is 14.9. The van der Waals surface area contributed by atoms with Gasteiger partial charge in [0.1, 0.15) is 5.54 Å². The molecule has 1 aliphatic carbocycles. The number of halogens is 2. The molecule has 0 aromatic heterocycles. The van der Waals surface area contributed by atoms with E-state index in [0.717, 1.165) is 18.4 Å². The van der Waals surface area contributed by atoms with E-state index in [4.69, 9.17) is 4.74 Å². The number of rotatable bonds is 8. The van der Waals surface area contributed by atoms with Crippen LogP contribution in [-0.4, -0.2) is 43.7 Å². The van der Waals surface area contributed by atoms with Gasteiger partial charge in [0, 0.05) is 6.54 Å². The Morgan fingerprint density at radius 1 is 1.38 bits per heavy atom. The lowest BCUT2D eigenvalue weighted by Gasteiger charge is -2.24. The number of hydrogen-bond donors (Lipinski definition) is 1. The Hall–Kier alpha value is -2.40. The lowest BCUT2D eigenvalue weighted by Crippen LogP contribution is -2.48. The number of benzene rings is 1. The number of hydrogen-bond acceptors (Lipinski definition) is 5. The molecule has 1 aromatic rings. The Labute approximate surface area is 151 Å². The highest BCUT2D eigenvalue weighted by Gasteiger charge is 2.35. The molecule has 1 amide bonds. The molecule has 0 atom stereocenters. The number of nitrogens with zero attached hydrogens (tertiary/aromatic N) is 2. The minimum Gasteiger partial charge on any atom is -0.493 e. The molecular formula is C18H23F2N3O3. The molecule has 1 fully saturated rings. The average molecular weight is 367 g/mol. The Bertz CT molecular complexity index is 670. The molecule has 0 heterocycles. The molecule has 1 N–H and O–H groups in total. The van der Waals surface area contributed by atoms with Crippen LogP contribution in [0.15, 0.2) is 18.2 Å². The second kappa shape index (κ2) is 8.81. The molecule has 0 spiro atoms. The van der Waals surface area contributed by atoms with E-state index in [1.165, 1.54) is 13.2 Å². The zero-order chi connectivity index (χ0) is 19.2. The van der Waals surface area contributed by atoms with Gasteiger partial charge in [-0.05, 0) is 50.4 Å². The minimum atomic E-state index is -2.93. The van der Waals surface area contributed by atoms with Crippen LogP contribution in [-0.2, 0) is 11.3 Å². The summed E-state index contributed by atoms with van der Waals surface area (Å²) in [5.74, 6) is -0.0422.